The second kappa shape index (κ2) is 8.43. The minimum atomic E-state index is 0.213. The number of carbonyl (C=O) groups is 1. The number of nitrogens with zero attached hydrogens (tertiary/aromatic N) is 3. The van der Waals surface area contributed by atoms with E-state index in [2.05, 4.69) is 9.97 Å². The van der Waals surface area contributed by atoms with Crippen molar-refractivity contribution in [3.05, 3.63) is 54.6 Å². The van der Waals surface area contributed by atoms with E-state index >= 15 is 0 Å². The number of ether oxygens (including phenoxy) is 1. The van der Waals surface area contributed by atoms with E-state index in [1.165, 1.54) is 0 Å². The van der Waals surface area contributed by atoms with Crippen molar-refractivity contribution in [2.45, 2.75) is 31.6 Å². The molecule has 2 heterocycles. The van der Waals surface area contributed by atoms with Crippen LogP contribution >= 0.6 is 0 Å². The molecule has 1 atom stereocenters. The van der Waals surface area contributed by atoms with Gasteiger partial charge in [-0.15, -0.1) is 0 Å². The Morgan fingerprint density at radius 2 is 2.12 bits per heavy atom. The van der Waals surface area contributed by atoms with E-state index in [1.807, 2.05) is 41.3 Å². The van der Waals surface area contributed by atoms with Gasteiger partial charge in [0, 0.05) is 37.3 Å². The molecule has 0 spiro atoms. The van der Waals surface area contributed by atoms with Crippen LogP contribution in [0.3, 0.4) is 0 Å². The zero-order valence-corrected chi connectivity index (χ0v) is 13.8. The first-order valence-electron chi connectivity index (χ1n) is 8.54. The molecule has 1 aliphatic rings. The van der Waals surface area contributed by atoms with E-state index < -0.39 is 0 Å². The quantitative estimate of drug-likeness (QED) is 0.766. The fourth-order valence-corrected chi connectivity index (χ4v) is 3.08. The number of aromatic nitrogens is 2. The van der Waals surface area contributed by atoms with Crippen LogP contribution in [0.2, 0.25) is 0 Å². The van der Waals surface area contributed by atoms with Crippen molar-refractivity contribution in [2.24, 2.45) is 0 Å². The highest BCUT2D eigenvalue weighted by molar-refractivity contribution is 5.76. The highest BCUT2D eigenvalue weighted by Crippen LogP contribution is 2.25. The lowest BCUT2D eigenvalue weighted by molar-refractivity contribution is -0.132. The van der Waals surface area contributed by atoms with Crippen molar-refractivity contribution < 1.29 is 9.53 Å². The Balaban J connectivity index is 1.43. The lowest BCUT2D eigenvalue weighted by atomic mass is 9.94. The first-order chi connectivity index (χ1) is 11.8. The smallest absolute Gasteiger partial charge is 0.222 e. The average Bonchev–Trinajstić information content (AvgIpc) is 2.67. The Bertz CT molecular complexity index is 634. The van der Waals surface area contributed by atoms with E-state index in [0.717, 1.165) is 43.8 Å². The van der Waals surface area contributed by atoms with E-state index in [4.69, 9.17) is 4.74 Å². The number of rotatable bonds is 6. The van der Waals surface area contributed by atoms with Gasteiger partial charge in [-0.1, -0.05) is 18.2 Å². The summed E-state index contributed by atoms with van der Waals surface area (Å²) in [5, 5.41) is 0. The molecule has 5 nitrogen and oxygen atoms in total. The normalized spacial score (nSPS) is 17.5. The largest absolute Gasteiger partial charge is 0.494 e. The van der Waals surface area contributed by atoms with Gasteiger partial charge in [0.15, 0.2) is 0 Å². The van der Waals surface area contributed by atoms with Crippen molar-refractivity contribution in [1.29, 1.82) is 0 Å². The summed E-state index contributed by atoms with van der Waals surface area (Å²) in [5.41, 5.74) is 1.04. The van der Waals surface area contributed by atoms with Crippen LogP contribution in [0, 0.1) is 0 Å². The van der Waals surface area contributed by atoms with Gasteiger partial charge in [-0.05, 0) is 37.5 Å². The molecule has 126 valence electrons. The van der Waals surface area contributed by atoms with Gasteiger partial charge in [0.25, 0.3) is 0 Å². The summed E-state index contributed by atoms with van der Waals surface area (Å²) < 4.78 is 5.65. The summed E-state index contributed by atoms with van der Waals surface area (Å²) in [6.07, 6.45) is 6.73. The number of hydrogen-bond acceptors (Lipinski definition) is 4. The second-order valence-corrected chi connectivity index (χ2v) is 6.08. The number of para-hydroxylation sites is 1. The standard InChI is InChI=1S/C19H23N3O2/c23-19(9-5-13-24-17-7-2-1-3-8-17)22-12-4-6-16(14-22)18-10-11-20-15-21-18/h1-3,7-8,10-11,15-16H,4-6,9,12-14H2. The molecule has 0 N–H and O–H groups in total. The lowest BCUT2D eigenvalue weighted by Gasteiger charge is -2.32. The van der Waals surface area contributed by atoms with Gasteiger partial charge < -0.3 is 9.64 Å². The molecule has 1 saturated heterocycles. The molecule has 0 bridgehead atoms. The summed E-state index contributed by atoms with van der Waals surface area (Å²) in [6.45, 7) is 2.17. The Kier molecular flexibility index (Phi) is 5.77. The van der Waals surface area contributed by atoms with Gasteiger partial charge in [-0.2, -0.15) is 0 Å². The molecular formula is C19H23N3O2. The highest BCUT2D eigenvalue weighted by atomic mass is 16.5. The topological polar surface area (TPSA) is 55.3 Å². The van der Waals surface area contributed by atoms with Gasteiger partial charge >= 0.3 is 0 Å². The van der Waals surface area contributed by atoms with Gasteiger partial charge in [-0.3, -0.25) is 4.79 Å². The van der Waals surface area contributed by atoms with E-state index in [-0.39, 0.29) is 5.91 Å². The fraction of sp³-hybridized carbons (Fsp3) is 0.421. The molecule has 5 heteroatoms. The number of hydrogen-bond donors (Lipinski definition) is 0. The van der Waals surface area contributed by atoms with E-state index in [9.17, 15) is 4.79 Å². The molecule has 1 amide bonds. The molecule has 2 aromatic rings. The Morgan fingerprint density at radius 1 is 1.25 bits per heavy atom. The van der Waals surface area contributed by atoms with Crippen molar-refractivity contribution in [3.8, 4) is 5.75 Å². The molecular weight excluding hydrogens is 302 g/mol. The van der Waals surface area contributed by atoms with Gasteiger partial charge in [0.2, 0.25) is 5.91 Å². The molecule has 1 fully saturated rings. The zero-order valence-electron chi connectivity index (χ0n) is 13.8. The Hall–Kier alpha value is -2.43. The third-order valence-electron chi connectivity index (χ3n) is 4.34. The van der Waals surface area contributed by atoms with Crippen molar-refractivity contribution in [2.75, 3.05) is 19.7 Å². The molecule has 1 aromatic heterocycles. The number of piperidine rings is 1. The Labute approximate surface area is 142 Å². The molecule has 1 aliphatic heterocycles. The van der Waals surface area contributed by atoms with Gasteiger partial charge in [0.1, 0.15) is 12.1 Å². The fourth-order valence-electron chi connectivity index (χ4n) is 3.08. The first kappa shape index (κ1) is 16.4. The second-order valence-electron chi connectivity index (χ2n) is 6.08. The average molecular weight is 325 g/mol. The SMILES string of the molecule is O=C(CCCOc1ccccc1)N1CCCC(c2ccncn2)C1. The maximum atomic E-state index is 12.4. The predicted octanol–water partition coefficient (Wildman–Crippen LogP) is 3.04. The van der Waals surface area contributed by atoms with E-state index in [0.29, 0.717) is 18.9 Å². The van der Waals surface area contributed by atoms with Crippen LogP contribution in [0.15, 0.2) is 48.9 Å². The third-order valence-corrected chi connectivity index (χ3v) is 4.34. The van der Waals surface area contributed by atoms with Crippen molar-refractivity contribution in [1.82, 2.24) is 14.9 Å². The minimum Gasteiger partial charge on any atom is -0.494 e. The summed E-state index contributed by atoms with van der Waals surface area (Å²) >= 11 is 0. The maximum absolute atomic E-state index is 12.4. The predicted molar refractivity (Wildman–Crippen MR) is 91.8 cm³/mol. The van der Waals surface area contributed by atoms with Gasteiger partial charge in [-0.25, -0.2) is 9.97 Å². The van der Waals surface area contributed by atoms with Crippen LogP contribution in [0.1, 0.15) is 37.3 Å². The summed E-state index contributed by atoms with van der Waals surface area (Å²) in [5.74, 6) is 1.39. The molecule has 1 unspecified atom stereocenters. The molecule has 24 heavy (non-hydrogen) atoms. The van der Waals surface area contributed by atoms with Crippen LogP contribution in [0.4, 0.5) is 0 Å². The van der Waals surface area contributed by atoms with Gasteiger partial charge in [0.05, 0.1) is 6.61 Å². The maximum Gasteiger partial charge on any atom is 0.222 e. The molecule has 1 aromatic carbocycles. The summed E-state index contributed by atoms with van der Waals surface area (Å²) in [6, 6.07) is 11.7. The van der Waals surface area contributed by atoms with Crippen molar-refractivity contribution in [3.63, 3.8) is 0 Å². The molecule has 3 rings (SSSR count). The summed E-state index contributed by atoms with van der Waals surface area (Å²) in [7, 11) is 0. The van der Waals surface area contributed by atoms with Crippen LogP contribution in [-0.2, 0) is 4.79 Å². The number of amides is 1. The number of benzene rings is 1. The van der Waals surface area contributed by atoms with Crippen LogP contribution < -0.4 is 4.74 Å². The minimum absolute atomic E-state index is 0.213. The first-order valence-corrected chi connectivity index (χ1v) is 8.54. The van der Waals surface area contributed by atoms with Crippen LogP contribution in [0.25, 0.3) is 0 Å². The third kappa shape index (κ3) is 4.54. The zero-order chi connectivity index (χ0) is 16.6. The Morgan fingerprint density at radius 3 is 2.92 bits per heavy atom. The van der Waals surface area contributed by atoms with Crippen molar-refractivity contribution >= 4 is 5.91 Å². The van der Waals surface area contributed by atoms with Crippen LogP contribution in [0.5, 0.6) is 5.75 Å². The molecule has 0 aliphatic carbocycles. The lowest BCUT2D eigenvalue weighted by Crippen LogP contribution is -2.39. The summed E-state index contributed by atoms with van der Waals surface area (Å²) in [4.78, 5) is 22.7. The number of likely N-dealkylation sites (tertiary alicyclic amines) is 1. The highest BCUT2D eigenvalue weighted by Gasteiger charge is 2.25. The monoisotopic (exact) mass is 325 g/mol. The number of carbonyl (C=O) groups excluding carboxylic acids is 1. The molecule has 0 saturated carbocycles. The van der Waals surface area contributed by atoms with E-state index in [1.54, 1.807) is 12.5 Å². The van der Waals surface area contributed by atoms with Crippen LogP contribution in [-0.4, -0.2) is 40.5 Å². The molecule has 0 radical (unpaired) electrons.